The zero-order valence-corrected chi connectivity index (χ0v) is 19.7. The van der Waals surface area contributed by atoms with Crippen LogP contribution in [0.25, 0.3) is 22.0 Å². The van der Waals surface area contributed by atoms with Crippen LogP contribution >= 0.6 is 0 Å². The molecule has 3 heterocycles. The Labute approximate surface area is 204 Å². The number of carbonyl (C=O) groups is 1. The fourth-order valence-electron chi connectivity index (χ4n) is 5.45. The number of methoxy groups -OCH3 is 1. The summed E-state index contributed by atoms with van der Waals surface area (Å²) in [4.78, 5) is 27.6. The molecule has 0 amide bonds. The highest BCUT2D eigenvalue weighted by molar-refractivity contribution is 5.79. The molecule has 6 rings (SSSR count). The van der Waals surface area contributed by atoms with E-state index in [1.54, 1.807) is 0 Å². The fraction of sp³-hybridized carbons (Fsp3) is 0.276. The highest BCUT2D eigenvalue weighted by Gasteiger charge is 2.53. The van der Waals surface area contributed by atoms with Crippen LogP contribution in [0, 0.1) is 0 Å². The Hall–Kier alpha value is -3.61. The van der Waals surface area contributed by atoms with Gasteiger partial charge in [0.25, 0.3) is 0 Å². The van der Waals surface area contributed by atoms with E-state index < -0.39 is 6.10 Å². The van der Waals surface area contributed by atoms with Crippen molar-refractivity contribution in [2.24, 2.45) is 0 Å². The van der Waals surface area contributed by atoms with Gasteiger partial charge < -0.3 is 4.74 Å². The van der Waals surface area contributed by atoms with E-state index >= 15 is 0 Å². The summed E-state index contributed by atoms with van der Waals surface area (Å²) in [6, 6.07) is 25.3. The zero-order chi connectivity index (χ0) is 23.8. The van der Waals surface area contributed by atoms with Crippen LogP contribution < -0.4 is 0 Å². The summed E-state index contributed by atoms with van der Waals surface area (Å²) in [6.45, 7) is 0.810. The normalized spacial score (nSPS) is 21.8. The van der Waals surface area contributed by atoms with Gasteiger partial charge in [0.15, 0.2) is 6.10 Å². The topological polar surface area (TPSA) is 64.5 Å². The van der Waals surface area contributed by atoms with Gasteiger partial charge >= 0.3 is 5.97 Å². The minimum absolute atomic E-state index is 0.299. The molecule has 1 aromatic heterocycles. The van der Waals surface area contributed by atoms with E-state index in [4.69, 9.17) is 14.6 Å². The summed E-state index contributed by atoms with van der Waals surface area (Å²) in [5.41, 5.74) is 5.35. The van der Waals surface area contributed by atoms with Crippen LogP contribution in [-0.2, 0) is 26.3 Å². The van der Waals surface area contributed by atoms with E-state index in [0.29, 0.717) is 12.8 Å². The lowest BCUT2D eigenvalue weighted by molar-refractivity contribution is -0.191. The summed E-state index contributed by atoms with van der Waals surface area (Å²) in [5.74, 6) is 0.484. The molecule has 2 fully saturated rings. The number of hydroxylamine groups is 2. The molecule has 0 saturated carbocycles. The van der Waals surface area contributed by atoms with E-state index in [1.807, 2.05) is 17.3 Å². The molecule has 2 saturated heterocycles. The lowest BCUT2D eigenvalue weighted by Gasteiger charge is -2.30. The number of benzene rings is 3. The van der Waals surface area contributed by atoms with Gasteiger partial charge in [0, 0.05) is 31.0 Å². The molecule has 0 bridgehead atoms. The van der Waals surface area contributed by atoms with Crippen LogP contribution in [-0.4, -0.2) is 40.8 Å². The average Bonchev–Trinajstić information content (AvgIpc) is 3.48. The quantitative estimate of drug-likeness (QED) is 0.384. The summed E-state index contributed by atoms with van der Waals surface area (Å²) in [7, 11) is 1.41. The van der Waals surface area contributed by atoms with Crippen molar-refractivity contribution in [3.8, 4) is 11.1 Å². The van der Waals surface area contributed by atoms with Crippen molar-refractivity contribution in [3.63, 3.8) is 0 Å². The average molecular weight is 466 g/mol. The van der Waals surface area contributed by atoms with Gasteiger partial charge in [0.05, 0.1) is 18.2 Å². The first kappa shape index (κ1) is 21.9. The molecule has 2 unspecified atom stereocenters. The maximum Gasteiger partial charge on any atom is 0.337 e. The summed E-state index contributed by atoms with van der Waals surface area (Å²) >= 11 is 0. The summed E-state index contributed by atoms with van der Waals surface area (Å²) in [5, 5.41) is 2.97. The van der Waals surface area contributed by atoms with E-state index in [1.165, 1.54) is 23.8 Å². The Morgan fingerprint density at radius 3 is 2.69 bits per heavy atom. The van der Waals surface area contributed by atoms with Gasteiger partial charge in [0.2, 0.25) is 0 Å². The second-order valence-electron chi connectivity index (χ2n) is 9.36. The first-order chi connectivity index (χ1) is 17.1. The number of hydrogen-bond donors (Lipinski definition) is 0. The zero-order valence-electron chi connectivity index (χ0n) is 19.7. The molecular formula is C29H27N3O3. The monoisotopic (exact) mass is 465 g/mol. The van der Waals surface area contributed by atoms with Crippen LogP contribution in [0.5, 0.6) is 0 Å². The van der Waals surface area contributed by atoms with Crippen molar-refractivity contribution in [1.82, 2.24) is 15.0 Å². The highest BCUT2D eigenvalue weighted by Crippen LogP contribution is 2.48. The van der Waals surface area contributed by atoms with E-state index in [0.717, 1.165) is 41.7 Å². The van der Waals surface area contributed by atoms with Gasteiger partial charge in [-0.2, -0.15) is 5.06 Å². The van der Waals surface area contributed by atoms with E-state index in [9.17, 15) is 4.79 Å². The van der Waals surface area contributed by atoms with E-state index in [2.05, 4.69) is 71.7 Å². The van der Waals surface area contributed by atoms with Crippen LogP contribution in [0.3, 0.4) is 0 Å². The molecule has 6 heteroatoms. The number of carbonyl (C=O) groups excluding carboxylic acids is 1. The minimum atomic E-state index is -0.553. The molecule has 0 aliphatic carbocycles. The first-order valence-corrected chi connectivity index (χ1v) is 12.1. The summed E-state index contributed by atoms with van der Waals surface area (Å²) < 4.78 is 4.93. The predicted molar refractivity (Wildman–Crippen MR) is 133 cm³/mol. The third-order valence-corrected chi connectivity index (χ3v) is 7.26. The molecule has 2 aliphatic rings. The molecule has 35 heavy (non-hydrogen) atoms. The van der Waals surface area contributed by atoms with Gasteiger partial charge in [-0.1, -0.05) is 60.7 Å². The molecule has 0 spiro atoms. The maximum absolute atomic E-state index is 12.1. The van der Waals surface area contributed by atoms with Gasteiger partial charge in [-0.3, -0.25) is 4.84 Å². The standard InChI is InChI=1S/C29H27N3O3/c1-34-28(33)26-18-29(14-5-15-32(29)35-26)24-12-13-25-23(17-24)19-30-27(31-25)16-20-8-10-22(11-9-20)21-6-3-2-4-7-21/h2-4,6-13,17,19,26H,5,14-16,18H2,1H3. The molecule has 6 nitrogen and oxygen atoms in total. The maximum atomic E-state index is 12.1. The second-order valence-corrected chi connectivity index (χ2v) is 9.36. The molecule has 0 radical (unpaired) electrons. The SMILES string of the molecule is COC(=O)C1CC2(c3ccc4nc(Cc5ccc(-c6ccccc6)cc5)ncc4c3)CCCN2O1. The Morgan fingerprint density at radius 2 is 1.89 bits per heavy atom. The van der Waals surface area contributed by atoms with Crippen molar-refractivity contribution in [2.45, 2.75) is 37.3 Å². The van der Waals surface area contributed by atoms with Gasteiger partial charge in [-0.05, 0) is 47.2 Å². The molecule has 3 aromatic carbocycles. The highest BCUT2D eigenvalue weighted by atomic mass is 16.7. The van der Waals surface area contributed by atoms with Crippen molar-refractivity contribution in [3.05, 3.63) is 95.9 Å². The number of esters is 1. The lowest BCUT2D eigenvalue weighted by Crippen LogP contribution is -2.34. The van der Waals surface area contributed by atoms with Crippen LogP contribution in [0.1, 0.15) is 36.2 Å². The van der Waals surface area contributed by atoms with Crippen molar-refractivity contribution in [1.29, 1.82) is 0 Å². The van der Waals surface area contributed by atoms with E-state index in [-0.39, 0.29) is 11.5 Å². The summed E-state index contributed by atoms with van der Waals surface area (Å²) in [6.07, 6.45) is 4.61. The van der Waals surface area contributed by atoms with Crippen LogP contribution in [0.15, 0.2) is 79.0 Å². The molecule has 176 valence electrons. The van der Waals surface area contributed by atoms with Gasteiger partial charge in [0.1, 0.15) is 5.82 Å². The molecule has 2 atom stereocenters. The molecular weight excluding hydrogens is 438 g/mol. The lowest BCUT2D eigenvalue weighted by atomic mass is 9.83. The predicted octanol–water partition coefficient (Wildman–Crippen LogP) is 5.06. The Morgan fingerprint density at radius 1 is 1.09 bits per heavy atom. The Balaban J connectivity index is 1.23. The number of rotatable bonds is 5. The van der Waals surface area contributed by atoms with Gasteiger partial charge in [-0.15, -0.1) is 0 Å². The second kappa shape index (κ2) is 8.87. The Kier molecular flexibility index (Phi) is 5.55. The largest absolute Gasteiger partial charge is 0.467 e. The van der Waals surface area contributed by atoms with Gasteiger partial charge in [-0.25, -0.2) is 14.8 Å². The number of hydrogen-bond acceptors (Lipinski definition) is 6. The van der Waals surface area contributed by atoms with Crippen molar-refractivity contribution < 1.29 is 14.4 Å². The minimum Gasteiger partial charge on any atom is -0.467 e. The number of nitrogens with zero attached hydrogens (tertiary/aromatic N) is 3. The molecule has 2 aliphatic heterocycles. The number of fused-ring (bicyclic) bond motifs is 2. The molecule has 0 N–H and O–H groups in total. The van der Waals surface area contributed by atoms with Crippen LogP contribution in [0.4, 0.5) is 0 Å². The van der Waals surface area contributed by atoms with Crippen molar-refractivity contribution in [2.75, 3.05) is 13.7 Å². The molecule has 4 aromatic rings. The number of ether oxygens (including phenoxy) is 1. The van der Waals surface area contributed by atoms with Crippen LogP contribution in [0.2, 0.25) is 0 Å². The fourth-order valence-corrected chi connectivity index (χ4v) is 5.45. The van der Waals surface area contributed by atoms with Crippen molar-refractivity contribution >= 4 is 16.9 Å². The third kappa shape index (κ3) is 3.99. The number of aromatic nitrogens is 2. The smallest absolute Gasteiger partial charge is 0.337 e. The Bertz CT molecular complexity index is 1370. The third-order valence-electron chi connectivity index (χ3n) is 7.26. The first-order valence-electron chi connectivity index (χ1n) is 12.1.